The van der Waals surface area contributed by atoms with Crippen molar-refractivity contribution in [3.05, 3.63) is 108 Å². The molecule has 0 saturated carbocycles. The third-order valence-corrected chi connectivity index (χ3v) is 5.88. The predicted molar refractivity (Wildman–Crippen MR) is 150 cm³/mol. The summed E-state index contributed by atoms with van der Waals surface area (Å²) in [5.41, 5.74) is 10.7. The molecule has 3 amide bonds. The fourth-order valence-electron chi connectivity index (χ4n) is 4.09. The van der Waals surface area contributed by atoms with Gasteiger partial charge in [-0.25, -0.2) is 9.78 Å². The van der Waals surface area contributed by atoms with Crippen molar-refractivity contribution in [3.8, 4) is 11.3 Å². The molecule has 3 aromatic carbocycles. The number of nitrogens with one attached hydrogen (secondary N) is 2. The molecule has 188 valence electrons. The number of aryl methyl sites for hydroxylation is 1. The number of amides is 3. The van der Waals surface area contributed by atoms with E-state index < -0.39 is 5.91 Å². The highest BCUT2D eigenvalue weighted by Crippen LogP contribution is 2.29. The van der Waals surface area contributed by atoms with Crippen LogP contribution >= 0.6 is 0 Å². The third kappa shape index (κ3) is 6.73. The van der Waals surface area contributed by atoms with Crippen LogP contribution in [-0.2, 0) is 6.54 Å². The summed E-state index contributed by atoms with van der Waals surface area (Å²) in [6.07, 6.45) is 0.910. The number of primary amides is 1. The average Bonchev–Trinajstić information content (AvgIpc) is 2.90. The van der Waals surface area contributed by atoms with E-state index in [4.69, 9.17) is 10.7 Å². The molecule has 0 atom stereocenters. The Morgan fingerprint density at radius 3 is 2.24 bits per heavy atom. The minimum Gasteiger partial charge on any atom is -0.366 e. The van der Waals surface area contributed by atoms with Gasteiger partial charge in [0, 0.05) is 41.7 Å². The van der Waals surface area contributed by atoms with Crippen LogP contribution in [0.25, 0.3) is 11.3 Å². The van der Waals surface area contributed by atoms with Crippen LogP contribution in [-0.4, -0.2) is 23.5 Å². The number of rotatable bonds is 9. The first-order chi connectivity index (χ1) is 17.9. The molecule has 0 saturated heterocycles. The molecule has 4 aromatic rings. The van der Waals surface area contributed by atoms with Crippen LogP contribution in [0.1, 0.15) is 34.8 Å². The lowest BCUT2D eigenvalue weighted by Gasteiger charge is -2.25. The quantitative estimate of drug-likeness (QED) is 0.258. The molecular weight excluding hydrogens is 462 g/mol. The highest BCUT2D eigenvalue weighted by Gasteiger charge is 2.17. The SMILES string of the molecule is CCCN(Cc1ccccc1)c1cc(NC(=O)Nc2ccc(C)cc2)cc(-c2ccccc2C(N)=O)n1. The molecule has 4 rings (SSSR count). The number of urea groups is 1. The van der Waals surface area contributed by atoms with Crippen molar-refractivity contribution >= 4 is 29.1 Å². The van der Waals surface area contributed by atoms with E-state index in [-0.39, 0.29) is 6.03 Å². The minimum absolute atomic E-state index is 0.368. The lowest BCUT2D eigenvalue weighted by molar-refractivity contribution is 0.100. The molecular formula is C30H31N5O2. The van der Waals surface area contributed by atoms with Crippen LogP contribution in [0.3, 0.4) is 0 Å². The second-order valence-electron chi connectivity index (χ2n) is 8.86. The molecule has 0 unspecified atom stereocenters. The molecule has 4 N–H and O–H groups in total. The first kappa shape index (κ1) is 25.4. The van der Waals surface area contributed by atoms with Crippen LogP contribution in [0.2, 0.25) is 0 Å². The number of aromatic nitrogens is 1. The van der Waals surface area contributed by atoms with E-state index in [2.05, 4.69) is 34.6 Å². The Labute approximate surface area is 217 Å². The largest absolute Gasteiger partial charge is 0.366 e. The van der Waals surface area contributed by atoms with Gasteiger partial charge in [-0.2, -0.15) is 0 Å². The smallest absolute Gasteiger partial charge is 0.323 e. The maximum atomic E-state index is 12.9. The Bertz CT molecular complexity index is 1370. The second-order valence-corrected chi connectivity index (χ2v) is 8.86. The topological polar surface area (TPSA) is 100 Å². The van der Waals surface area contributed by atoms with Gasteiger partial charge >= 0.3 is 6.03 Å². The van der Waals surface area contributed by atoms with Crippen molar-refractivity contribution in [2.75, 3.05) is 22.1 Å². The Hall–Kier alpha value is -4.65. The zero-order valence-electron chi connectivity index (χ0n) is 21.1. The van der Waals surface area contributed by atoms with Crippen LogP contribution in [0.4, 0.5) is 22.0 Å². The lowest BCUT2D eigenvalue weighted by atomic mass is 10.0. The van der Waals surface area contributed by atoms with E-state index in [1.807, 2.05) is 67.6 Å². The molecule has 0 aliphatic rings. The number of hydrogen-bond donors (Lipinski definition) is 3. The lowest BCUT2D eigenvalue weighted by Crippen LogP contribution is -2.25. The molecule has 7 nitrogen and oxygen atoms in total. The predicted octanol–water partition coefficient (Wildman–Crippen LogP) is 6.22. The van der Waals surface area contributed by atoms with Crippen molar-refractivity contribution in [1.82, 2.24) is 4.98 Å². The van der Waals surface area contributed by atoms with Gasteiger partial charge in [0.15, 0.2) is 0 Å². The van der Waals surface area contributed by atoms with Gasteiger partial charge in [0.05, 0.1) is 5.69 Å². The monoisotopic (exact) mass is 493 g/mol. The summed E-state index contributed by atoms with van der Waals surface area (Å²) in [6, 6.07) is 28.0. The molecule has 0 bridgehead atoms. The van der Waals surface area contributed by atoms with Gasteiger partial charge in [0.1, 0.15) is 5.82 Å². The molecule has 0 fully saturated rings. The minimum atomic E-state index is -0.538. The number of pyridine rings is 1. The van der Waals surface area contributed by atoms with E-state index >= 15 is 0 Å². The Morgan fingerprint density at radius 1 is 0.865 bits per heavy atom. The van der Waals surface area contributed by atoms with Crippen molar-refractivity contribution in [2.24, 2.45) is 5.73 Å². The molecule has 0 aliphatic carbocycles. The van der Waals surface area contributed by atoms with Crippen molar-refractivity contribution in [1.29, 1.82) is 0 Å². The normalized spacial score (nSPS) is 10.5. The van der Waals surface area contributed by atoms with Crippen LogP contribution in [0, 0.1) is 6.92 Å². The maximum absolute atomic E-state index is 12.9. The van der Waals surface area contributed by atoms with E-state index in [1.54, 1.807) is 18.2 Å². The highest BCUT2D eigenvalue weighted by molar-refractivity contribution is 6.02. The molecule has 1 heterocycles. The fraction of sp³-hybridized carbons (Fsp3) is 0.167. The number of carbonyl (C=O) groups excluding carboxylic acids is 2. The maximum Gasteiger partial charge on any atom is 0.323 e. The Kier molecular flexibility index (Phi) is 8.15. The fourth-order valence-corrected chi connectivity index (χ4v) is 4.09. The van der Waals surface area contributed by atoms with Crippen LogP contribution in [0.5, 0.6) is 0 Å². The molecule has 37 heavy (non-hydrogen) atoms. The molecule has 1 aromatic heterocycles. The van der Waals surface area contributed by atoms with Gasteiger partial charge in [-0.15, -0.1) is 0 Å². The van der Waals surface area contributed by atoms with Gasteiger partial charge in [0.2, 0.25) is 5.91 Å². The number of nitrogens with two attached hydrogens (primary N) is 1. The number of nitrogens with zero attached hydrogens (tertiary/aromatic N) is 2. The second kappa shape index (κ2) is 11.9. The first-order valence-corrected chi connectivity index (χ1v) is 12.3. The summed E-state index contributed by atoms with van der Waals surface area (Å²) >= 11 is 0. The highest BCUT2D eigenvalue weighted by atomic mass is 16.2. The zero-order valence-corrected chi connectivity index (χ0v) is 21.1. The van der Waals surface area contributed by atoms with Crippen LogP contribution < -0.4 is 21.3 Å². The molecule has 0 aliphatic heterocycles. The first-order valence-electron chi connectivity index (χ1n) is 12.3. The molecule has 0 radical (unpaired) electrons. The third-order valence-electron chi connectivity index (χ3n) is 5.88. The Morgan fingerprint density at radius 2 is 1.54 bits per heavy atom. The van der Waals surface area contributed by atoms with Crippen molar-refractivity contribution in [2.45, 2.75) is 26.8 Å². The van der Waals surface area contributed by atoms with E-state index in [1.165, 1.54) is 0 Å². The van der Waals surface area contributed by atoms with Gasteiger partial charge in [-0.3, -0.25) is 4.79 Å². The summed E-state index contributed by atoms with van der Waals surface area (Å²) in [7, 11) is 0. The van der Waals surface area contributed by atoms with Gasteiger partial charge < -0.3 is 21.3 Å². The summed E-state index contributed by atoms with van der Waals surface area (Å²) in [4.78, 5) is 32.1. The number of carbonyl (C=O) groups is 2. The van der Waals surface area contributed by atoms with Crippen molar-refractivity contribution in [3.63, 3.8) is 0 Å². The van der Waals surface area contributed by atoms with E-state index in [0.29, 0.717) is 40.6 Å². The van der Waals surface area contributed by atoms with Crippen LogP contribution in [0.15, 0.2) is 91.0 Å². The number of anilines is 3. The van der Waals surface area contributed by atoms with Gasteiger partial charge in [0.25, 0.3) is 0 Å². The molecule has 0 spiro atoms. The zero-order chi connectivity index (χ0) is 26.2. The number of benzene rings is 3. The van der Waals surface area contributed by atoms with Gasteiger partial charge in [-0.05, 0) is 43.2 Å². The van der Waals surface area contributed by atoms with E-state index in [0.717, 1.165) is 24.1 Å². The molecule has 7 heteroatoms. The standard InChI is InChI=1S/C30H31N5O2/c1-3-17-35(20-22-9-5-4-6-10-22)28-19-24(33-30(37)32-23-15-13-21(2)14-16-23)18-27(34-28)25-11-7-8-12-26(25)29(31)36/h4-16,18-19H,3,17,20H2,1-2H3,(H2,31,36)(H2,32,33,34,37). The summed E-state index contributed by atoms with van der Waals surface area (Å²) < 4.78 is 0. The summed E-state index contributed by atoms with van der Waals surface area (Å²) in [5, 5.41) is 5.79. The van der Waals surface area contributed by atoms with Gasteiger partial charge in [-0.1, -0.05) is 73.2 Å². The summed E-state index contributed by atoms with van der Waals surface area (Å²) in [6.45, 7) is 5.51. The van der Waals surface area contributed by atoms with Crippen molar-refractivity contribution < 1.29 is 9.59 Å². The van der Waals surface area contributed by atoms with E-state index in [9.17, 15) is 9.59 Å². The Balaban J connectivity index is 1.72. The number of hydrogen-bond acceptors (Lipinski definition) is 4. The summed E-state index contributed by atoms with van der Waals surface area (Å²) in [5.74, 6) is 0.150. The average molecular weight is 494 g/mol.